The molecule has 5 heteroatoms. The maximum absolute atomic E-state index is 6.34. The highest BCUT2D eigenvalue weighted by atomic mass is 35.5. The van der Waals surface area contributed by atoms with E-state index in [1.165, 1.54) is 44.9 Å². The average molecular weight is 272 g/mol. The summed E-state index contributed by atoms with van der Waals surface area (Å²) in [4.78, 5) is 4.58. The van der Waals surface area contributed by atoms with Crippen LogP contribution in [0, 0.1) is 0 Å². The van der Waals surface area contributed by atoms with Gasteiger partial charge in [0.15, 0.2) is 5.82 Å². The van der Waals surface area contributed by atoms with Crippen LogP contribution in [0.1, 0.15) is 75.4 Å². The van der Waals surface area contributed by atoms with Crippen LogP contribution in [0.25, 0.3) is 0 Å². The molecule has 2 fully saturated rings. The van der Waals surface area contributed by atoms with Crippen molar-refractivity contribution < 1.29 is 4.52 Å². The lowest BCUT2D eigenvalue weighted by Gasteiger charge is -2.19. The van der Waals surface area contributed by atoms with E-state index in [4.69, 9.17) is 10.3 Å². The number of hydrogen-bond acceptors (Lipinski definition) is 4. The second kappa shape index (κ2) is 5.57. The number of aromatic nitrogens is 2. The lowest BCUT2D eigenvalue weighted by atomic mass is 9.89. The summed E-state index contributed by atoms with van der Waals surface area (Å²) in [6.07, 6.45) is 10.7. The fourth-order valence-electron chi connectivity index (χ4n) is 3.18. The number of hydrogen-bond donors (Lipinski definition) is 1. The molecule has 2 aliphatic carbocycles. The number of halogens is 1. The standard InChI is InChI=1S/C13H21N3O.ClH/c14-13(8-4-5-9-13)12-15-11(17-16-12)10-6-2-1-3-7-10;/h10H,1-9,14H2;1H. The molecule has 102 valence electrons. The lowest BCUT2D eigenvalue weighted by molar-refractivity contribution is 0.305. The van der Waals surface area contributed by atoms with E-state index >= 15 is 0 Å². The topological polar surface area (TPSA) is 64.9 Å². The first kappa shape index (κ1) is 13.8. The van der Waals surface area contributed by atoms with Gasteiger partial charge in [-0.25, -0.2) is 0 Å². The molecule has 0 radical (unpaired) electrons. The van der Waals surface area contributed by atoms with Gasteiger partial charge in [0.1, 0.15) is 0 Å². The highest BCUT2D eigenvalue weighted by Crippen LogP contribution is 2.37. The molecule has 0 unspecified atom stereocenters. The van der Waals surface area contributed by atoms with E-state index in [0.717, 1.165) is 24.6 Å². The van der Waals surface area contributed by atoms with E-state index < -0.39 is 0 Å². The van der Waals surface area contributed by atoms with E-state index in [9.17, 15) is 0 Å². The van der Waals surface area contributed by atoms with Crippen LogP contribution in [0.2, 0.25) is 0 Å². The summed E-state index contributed by atoms with van der Waals surface area (Å²) in [6, 6.07) is 0. The number of rotatable bonds is 2. The van der Waals surface area contributed by atoms with Crippen LogP contribution in [0.4, 0.5) is 0 Å². The molecule has 1 aromatic rings. The molecule has 1 aromatic heterocycles. The van der Waals surface area contributed by atoms with Gasteiger partial charge in [0, 0.05) is 5.92 Å². The molecule has 2 N–H and O–H groups in total. The van der Waals surface area contributed by atoms with Crippen molar-refractivity contribution in [1.29, 1.82) is 0 Å². The third-order valence-corrected chi connectivity index (χ3v) is 4.34. The third-order valence-electron chi connectivity index (χ3n) is 4.34. The fourth-order valence-corrected chi connectivity index (χ4v) is 3.18. The molecule has 0 saturated heterocycles. The molecule has 2 saturated carbocycles. The van der Waals surface area contributed by atoms with Crippen LogP contribution < -0.4 is 5.73 Å². The van der Waals surface area contributed by atoms with Crippen molar-refractivity contribution in [2.45, 2.75) is 69.2 Å². The van der Waals surface area contributed by atoms with Gasteiger partial charge in [-0.05, 0) is 25.7 Å². The summed E-state index contributed by atoms with van der Waals surface area (Å²) >= 11 is 0. The molecule has 2 aliphatic rings. The van der Waals surface area contributed by atoms with Crippen LogP contribution in [0.3, 0.4) is 0 Å². The van der Waals surface area contributed by atoms with Crippen molar-refractivity contribution in [3.8, 4) is 0 Å². The maximum atomic E-state index is 6.34. The van der Waals surface area contributed by atoms with E-state index in [-0.39, 0.29) is 17.9 Å². The zero-order chi connectivity index (χ0) is 11.7. The quantitative estimate of drug-likeness (QED) is 0.897. The summed E-state index contributed by atoms with van der Waals surface area (Å²) < 4.78 is 5.44. The molecule has 0 atom stereocenters. The van der Waals surface area contributed by atoms with Gasteiger partial charge in [0.2, 0.25) is 5.89 Å². The van der Waals surface area contributed by atoms with Crippen LogP contribution in [-0.2, 0) is 5.54 Å². The second-order valence-corrected chi connectivity index (χ2v) is 5.65. The molecule has 0 amide bonds. The zero-order valence-electron chi connectivity index (χ0n) is 10.7. The van der Waals surface area contributed by atoms with Crippen molar-refractivity contribution in [3.63, 3.8) is 0 Å². The Morgan fingerprint density at radius 1 is 1.06 bits per heavy atom. The Morgan fingerprint density at radius 3 is 2.39 bits per heavy atom. The Hall–Kier alpha value is -0.610. The van der Waals surface area contributed by atoms with Crippen molar-refractivity contribution in [2.75, 3.05) is 0 Å². The van der Waals surface area contributed by atoms with Crippen molar-refractivity contribution in [1.82, 2.24) is 10.1 Å². The van der Waals surface area contributed by atoms with Gasteiger partial charge >= 0.3 is 0 Å². The Labute approximate surface area is 114 Å². The largest absolute Gasteiger partial charge is 0.339 e. The SMILES string of the molecule is Cl.NC1(c2noc(C3CCCCC3)n2)CCCC1. The Bertz CT molecular complexity index is 381. The molecule has 0 aliphatic heterocycles. The maximum Gasteiger partial charge on any atom is 0.229 e. The van der Waals surface area contributed by atoms with E-state index in [0.29, 0.717) is 5.92 Å². The first-order chi connectivity index (χ1) is 8.28. The van der Waals surface area contributed by atoms with Gasteiger partial charge in [-0.1, -0.05) is 37.3 Å². The Balaban J connectivity index is 0.00000120. The van der Waals surface area contributed by atoms with E-state index in [2.05, 4.69) is 10.1 Å². The zero-order valence-corrected chi connectivity index (χ0v) is 11.5. The Kier molecular flexibility index (Phi) is 4.28. The highest BCUT2D eigenvalue weighted by molar-refractivity contribution is 5.85. The first-order valence-electron chi connectivity index (χ1n) is 6.91. The Morgan fingerprint density at radius 2 is 1.72 bits per heavy atom. The van der Waals surface area contributed by atoms with Crippen molar-refractivity contribution in [2.24, 2.45) is 5.73 Å². The van der Waals surface area contributed by atoms with Crippen molar-refractivity contribution in [3.05, 3.63) is 11.7 Å². The van der Waals surface area contributed by atoms with Gasteiger partial charge in [-0.2, -0.15) is 4.98 Å². The molecular weight excluding hydrogens is 250 g/mol. The van der Waals surface area contributed by atoms with Gasteiger partial charge in [0.25, 0.3) is 0 Å². The smallest absolute Gasteiger partial charge is 0.229 e. The summed E-state index contributed by atoms with van der Waals surface area (Å²) in [5.41, 5.74) is 6.03. The fraction of sp³-hybridized carbons (Fsp3) is 0.846. The third kappa shape index (κ3) is 2.54. The summed E-state index contributed by atoms with van der Waals surface area (Å²) in [7, 11) is 0. The van der Waals surface area contributed by atoms with Crippen LogP contribution >= 0.6 is 12.4 Å². The average Bonchev–Trinajstić information content (AvgIpc) is 2.99. The van der Waals surface area contributed by atoms with E-state index in [1.807, 2.05) is 0 Å². The molecular formula is C13H22ClN3O. The molecule has 4 nitrogen and oxygen atoms in total. The predicted octanol–water partition coefficient (Wildman–Crippen LogP) is 3.27. The van der Waals surface area contributed by atoms with Gasteiger partial charge in [-0.15, -0.1) is 12.4 Å². The monoisotopic (exact) mass is 271 g/mol. The summed E-state index contributed by atoms with van der Waals surface area (Å²) in [5.74, 6) is 2.06. The van der Waals surface area contributed by atoms with Crippen LogP contribution in [-0.4, -0.2) is 10.1 Å². The highest BCUT2D eigenvalue weighted by Gasteiger charge is 2.36. The normalized spacial score (nSPS) is 23.8. The molecule has 3 rings (SSSR count). The number of nitrogens with two attached hydrogens (primary N) is 1. The van der Waals surface area contributed by atoms with Gasteiger partial charge in [0.05, 0.1) is 5.54 Å². The predicted molar refractivity (Wildman–Crippen MR) is 71.7 cm³/mol. The van der Waals surface area contributed by atoms with E-state index in [1.54, 1.807) is 0 Å². The minimum absolute atomic E-state index is 0. The molecule has 0 aromatic carbocycles. The number of nitrogens with zero attached hydrogens (tertiary/aromatic N) is 2. The van der Waals surface area contributed by atoms with Gasteiger partial charge < -0.3 is 10.3 Å². The second-order valence-electron chi connectivity index (χ2n) is 5.65. The summed E-state index contributed by atoms with van der Waals surface area (Å²) in [6.45, 7) is 0. The van der Waals surface area contributed by atoms with Crippen LogP contribution in [0.5, 0.6) is 0 Å². The minimum Gasteiger partial charge on any atom is -0.339 e. The first-order valence-corrected chi connectivity index (χ1v) is 6.91. The summed E-state index contributed by atoms with van der Waals surface area (Å²) in [5, 5.41) is 4.13. The molecule has 0 spiro atoms. The molecule has 18 heavy (non-hydrogen) atoms. The lowest BCUT2D eigenvalue weighted by Crippen LogP contribution is -2.34. The molecule has 1 heterocycles. The minimum atomic E-state index is -0.309. The van der Waals surface area contributed by atoms with Crippen LogP contribution in [0.15, 0.2) is 4.52 Å². The molecule has 0 bridgehead atoms. The van der Waals surface area contributed by atoms with Crippen molar-refractivity contribution >= 4 is 12.4 Å². The van der Waals surface area contributed by atoms with Gasteiger partial charge in [-0.3, -0.25) is 0 Å².